The van der Waals surface area contributed by atoms with Crippen LogP contribution in [0.3, 0.4) is 0 Å². The first kappa shape index (κ1) is 23.7. The Morgan fingerprint density at radius 3 is 2.67 bits per heavy atom. The van der Waals surface area contributed by atoms with Gasteiger partial charge in [-0.05, 0) is 49.8 Å². The summed E-state index contributed by atoms with van der Waals surface area (Å²) in [4.78, 5) is 16.3. The molecular weight excluding hydrogens is 372 g/mol. The fourth-order valence-electron chi connectivity index (χ4n) is 3.08. The first-order valence-corrected chi connectivity index (χ1v) is 11.2. The van der Waals surface area contributed by atoms with Gasteiger partial charge in [-0.2, -0.15) is 0 Å². The third-order valence-electron chi connectivity index (χ3n) is 4.76. The maximum Gasteiger partial charge on any atom is 0.244 e. The molecule has 0 spiro atoms. The number of pyridine rings is 1. The highest BCUT2D eigenvalue weighted by Crippen LogP contribution is 2.16. The first-order chi connectivity index (χ1) is 14.5. The topological polar surface area (TPSA) is 51.2 Å². The van der Waals surface area contributed by atoms with E-state index in [0.29, 0.717) is 18.4 Å². The fraction of sp³-hybridized carbons (Fsp3) is 0.462. The molecule has 2 aromatic rings. The average molecular weight is 409 g/mol. The van der Waals surface area contributed by atoms with Crippen LogP contribution in [0, 0.1) is 5.92 Å². The number of nitrogens with zero attached hydrogens (tertiary/aromatic N) is 1. The fourth-order valence-corrected chi connectivity index (χ4v) is 3.08. The summed E-state index contributed by atoms with van der Waals surface area (Å²) in [6.07, 6.45) is 12.8. The lowest BCUT2D eigenvalue weighted by atomic mass is 10.1. The monoisotopic (exact) mass is 408 g/mol. The number of unbranched alkanes of at least 4 members (excludes halogenated alkanes) is 5. The van der Waals surface area contributed by atoms with Crippen LogP contribution in [0.1, 0.15) is 59.3 Å². The van der Waals surface area contributed by atoms with Gasteiger partial charge in [-0.1, -0.05) is 63.5 Å². The standard InChI is InChI=1S/C26H36N2O2/c1-21(2)20-27-25(29)19-22(3)13-9-7-5-4-6-8-12-18-30-26-17-16-23-14-10-11-15-24(23)28-26/h9-11,13-17,19,21H,4-8,12,18,20H2,1-3H3,(H,27,29)/b13-9+,22-19+. The molecule has 1 N–H and O–H groups in total. The molecule has 0 aliphatic heterocycles. The summed E-state index contributed by atoms with van der Waals surface area (Å²) in [5.74, 6) is 1.17. The van der Waals surface area contributed by atoms with Gasteiger partial charge in [-0.25, -0.2) is 4.98 Å². The average Bonchev–Trinajstić information content (AvgIpc) is 2.73. The summed E-state index contributed by atoms with van der Waals surface area (Å²) in [6.45, 7) is 7.58. The molecule has 0 unspecified atom stereocenters. The number of carbonyl (C=O) groups excluding carboxylic acids is 1. The number of fused-ring (bicyclic) bond motifs is 1. The van der Waals surface area contributed by atoms with Gasteiger partial charge >= 0.3 is 0 Å². The molecule has 4 heteroatoms. The lowest BCUT2D eigenvalue weighted by Gasteiger charge is -2.06. The van der Waals surface area contributed by atoms with Crippen molar-refractivity contribution in [3.63, 3.8) is 0 Å². The van der Waals surface area contributed by atoms with Gasteiger partial charge in [-0.15, -0.1) is 0 Å². The van der Waals surface area contributed by atoms with E-state index >= 15 is 0 Å². The minimum Gasteiger partial charge on any atom is -0.478 e. The second kappa shape index (κ2) is 13.6. The second-order valence-corrected chi connectivity index (χ2v) is 8.18. The number of ether oxygens (including phenoxy) is 1. The number of rotatable bonds is 13. The third kappa shape index (κ3) is 9.73. The van der Waals surface area contributed by atoms with Crippen molar-refractivity contribution < 1.29 is 9.53 Å². The number of hydrogen-bond acceptors (Lipinski definition) is 3. The molecule has 1 aromatic carbocycles. The maximum absolute atomic E-state index is 11.7. The van der Waals surface area contributed by atoms with E-state index in [2.05, 4.69) is 42.4 Å². The Balaban J connectivity index is 1.50. The summed E-state index contributed by atoms with van der Waals surface area (Å²) in [6, 6.07) is 12.1. The van der Waals surface area contributed by atoms with Crippen molar-refractivity contribution in [1.82, 2.24) is 10.3 Å². The maximum atomic E-state index is 11.7. The van der Waals surface area contributed by atoms with E-state index in [0.717, 1.165) is 35.9 Å². The number of nitrogens with one attached hydrogen (secondary N) is 1. The molecule has 162 valence electrons. The molecule has 0 bridgehead atoms. The first-order valence-electron chi connectivity index (χ1n) is 11.2. The minimum absolute atomic E-state index is 0.00745. The molecule has 0 fully saturated rings. The lowest BCUT2D eigenvalue weighted by Crippen LogP contribution is -2.25. The van der Waals surface area contributed by atoms with E-state index in [9.17, 15) is 4.79 Å². The van der Waals surface area contributed by atoms with Crippen molar-refractivity contribution in [3.05, 3.63) is 60.2 Å². The van der Waals surface area contributed by atoms with E-state index < -0.39 is 0 Å². The Morgan fingerprint density at radius 1 is 1.07 bits per heavy atom. The van der Waals surface area contributed by atoms with Gasteiger partial charge in [0.15, 0.2) is 0 Å². The molecule has 0 aliphatic rings. The molecule has 0 saturated carbocycles. The van der Waals surface area contributed by atoms with Crippen molar-refractivity contribution in [2.24, 2.45) is 5.92 Å². The van der Waals surface area contributed by atoms with Gasteiger partial charge < -0.3 is 10.1 Å². The Hall–Kier alpha value is -2.62. The largest absolute Gasteiger partial charge is 0.478 e. The van der Waals surface area contributed by atoms with Gasteiger partial charge in [0.1, 0.15) is 0 Å². The molecule has 4 nitrogen and oxygen atoms in total. The van der Waals surface area contributed by atoms with Crippen LogP contribution < -0.4 is 10.1 Å². The minimum atomic E-state index is -0.00745. The Labute approximate surface area is 181 Å². The van der Waals surface area contributed by atoms with Crippen LogP contribution in [0.25, 0.3) is 10.9 Å². The Kier molecular flexibility index (Phi) is 10.7. The van der Waals surface area contributed by atoms with E-state index in [1.165, 1.54) is 25.7 Å². The SMILES string of the molecule is CC(/C=C/CCCCCCCOc1ccc2ccccc2n1)=C\C(=O)NCC(C)C. The van der Waals surface area contributed by atoms with E-state index in [1.807, 2.05) is 37.3 Å². The molecule has 0 saturated heterocycles. The lowest BCUT2D eigenvalue weighted by molar-refractivity contribution is -0.116. The second-order valence-electron chi connectivity index (χ2n) is 8.18. The molecule has 0 atom stereocenters. The molecule has 2 rings (SSSR count). The molecule has 1 amide bonds. The van der Waals surface area contributed by atoms with Gasteiger partial charge in [0.2, 0.25) is 11.8 Å². The van der Waals surface area contributed by atoms with Gasteiger partial charge in [-0.3, -0.25) is 4.79 Å². The number of amides is 1. The predicted octanol–water partition coefficient (Wildman–Crippen LogP) is 6.23. The van der Waals surface area contributed by atoms with Crippen LogP contribution in [0.5, 0.6) is 5.88 Å². The molecule has 1 aromatic heterocycles. The van der Waals surface area contributed by atoms with Crippen LogP contribution in [-0.4, -0.2) is 24.0 Å². The van der Waals surface area contributed by atoms with Gasteiger partial charge in [0, 0.05) is 24.1 Å². The summed E-state index contributed by atoms with van der Waals surface area (Å²) in [5.41, 5.74) is 1.97. The quantitative estimate of drug-likeness (QED) is 0.243. The van der Waals surface area contributed by atoms with Gasteiger partial charge in [0.05, 0.1) is 12.1 Å². The molecular formula is C26H36N2O2. The van der Waals surface area contributed by atoms with Crippen molar-refractivity contribution in [2.75, 3.05) is 13.2 Å². The third-order valence-corrected chi connectivity index (χ3v) is 4.76. The highest BCUT2D eigenvalue weighted by Gasteiger charge is 2.00. The van der Waals surface area contributed by atoms with Crippen LogP contribution in [0.2, 0.25) is 0 Å². The van der Waals surface area contributed by atoms with E-state index in [4.69, 9.17) is 4.74 Å². The molecule has 0 aliphatic carbocycles. The number of benzene rings is 1. The highest BCUT2D eigenvalue weighted by atomic mass is 16.5. The summed E-state index contributed by atoms with van der Waals surface area (Å²) in [5, 5.41) is 4.04. The number of allylic oxidation sites excluding steroid dienone is 3. The smallest absolute Gasteiger partial charge is 0.244 e. The molecule has 30 heavy (non-hydrogen) atoms. The number of hydrogen-bond donors (Lipinski definition) is 1. The molecule has 1 heterocycles. The van der Waals surface area contributed by atoms with Gasteiger partial charge in [0.25, 0.3) is 0 Å². The zero-order valence-corrected chi connectivity index (χ0v) is 18.7. The van der Waals surface area contributed by atoms with E-state index in [-0.39, 0.29) is 5.91 Å². The Bertz CT molecular complexity index is 840. The number of carbonyl (C=O) groups is 1. The van der Waals surface area contributed by atoms with Crippen LogP contribution in [0.4, 0.5) is 0 Å². The highest BCUT2D eigenvalue weighted by molar-refractivity contribution is 5.88. The van der Waals surface area contributed by atoms with Crippen molar-refractivity contribution >= 4 is 16.8 Å². The van der Waals surface area contributed by atoms with Crippen molar-refractivity contribution in [2.45, 2.75) is 59.3 Å². The number of para-hydroxylation sites is 1. The Morgan fingerprint density at radius 2 is 1.83 bits per heavy atom. The van der Waals surface area contributed by atoms with Crippen molar-refractivity contribution in [1.29, 1.82) is 0 Å². The van der Waals surface area contributed by atoms with Crippen molar-refractivity contribution in [3.8, 4) is 5.88 Å². The molecule has 0 radical (unpaired) electrons. The number of aromatic nitrogens is 1. The van der Waals surface area contributed by atoms with Crippen LogP contribution >= 0.6 is 0 Å². The summed E-state index contributed by atoms with van der Waals surface area (Å²) >= 11 is 0. The zero-order valence-electron chi connectivity index (χ0n) is 18.7. The van der Waals surface area contributed by atoms with Crippen LogP contribution in [-0.2, 0) is 4.79 Å². The van der Waals surface area contributed by atoms with E-state index in [1.54, 1.807) is 6.08 Å². The van der Waals surface area contributed by atoms with Crippen LogP contribution in [0.15, 0.2) is 60.2 Å². The summed E-state index contributed by atoms with van der Waals surface area (Å²) < 4.78 is 5.79. The summed E-state index contributed by atoms with van der Waals surface area (Å²) in [7, 11) is 0. The zero-order chi connectivity index (χ0) is 21.6. The normalized spacial score (nSPS) is 12.1. The predicted molar refractivity (Wildman–Crippen MR) is 126 cm³/mol.